The lowest BCUT2D eigenvalue weighted by Crippen LogP contribution is -2.18. The Hall–Kier alpha value is -1.20. The molecule has 0 saturated heterocycles. The fraction of sp³-hybridized carbons (Fsp3) is 0.500. The molecular weight excluding hydrogens is 232 g/mol. The van der Waals surface area contributed by atoms with Gasteiger partial charge in [-0.05, 0) is 20.8 Å². The van der Waals surface area contributed by atoms with E-state index in [9.17, 15) is 0 Å². The number of thiazole rings is 1. The number of rotatable bonds is 4. The molecule has 1 N–H and O–H groups in total. The van der Waals surface area contributed by atoms with Crippen molar-refractivity contribution < 1.29 is 0 Å². The Balaban J connectivity index is 2.03. The molecule has 2 heterocycles. The highest BCUT2D eigenvalue weighted by Gasteiger charge is 2.11. The van der Waals surface area contributed by atoms with Gasteiger partial charge in [0.15, 0.2) is 0 Å². The summed E-state index contributed by atoms with van der Waals surface area (Å²) in [6, 6.07) is 0.335. The minimum atomic E-state index is 0.335. The van der Waals surface area contributed by atoms with Crippen LogP contribution in [-0.4, -0.2) is 14.8 Å². The first kappa shape index (κ1) is 12.3. The Morgan fingerprint density at radius 3 is 2.76 bits per heavy atom. The quantitative estimate of drug-likeness (QED) is 0.905. The maximum Gasteiger partial charge on any atom is 0.0794 e. The summed E-state index contributed by atoms with van der Waals surface area (Å²) >= 11 is 1.69. The fourth-order valence-corrected chi connectivity index (χ4v) is 2.52. The lowest BCUT2D eigenvalue weighted by molar-refractivity contribution is 0.578. The minimum Gasteiger partial charge on any atom is -0.305 e. The SMILES string of the molecule is Cc1nn(C)c(C)c1CNC(C)c1cncs1. The molecule has 1 unspecified atom stereocenters. The molecule has 0 fully saturated rings. The normalized spacial score (nSPS) is 12.9. The monoisotopic (exact) mass is 250 g/mol. The summed E-state index contributed by atoms with van der Waals surface area (Å²) in [4.78, 5) is 5.37. The summed E-state index contributed by atoms with van der Waals surface area (Å²) in [6.45, 7) is 7.18. The molecule has 4 nitrogen and oxygen atoms in total. The van der Waals surface area contributed by atoms with Crippen LogP contribution in [0.3, 0.4) is 0 Å². The van der Waals surface area contributed by atoms with E-state index < -0.39 is 0 Å². The van der Waals surface area contributed by atoms with Crippen LogP contribution in [0.15, 0.2) is 11.7 Å². The number of hydrogen-bond acceptors (Lipinski definition) is 4. The average Bonchev–Trinajstić information content (AvgIpc) is 2.88. The third-order valence-electron chi connectivity index (χ3n) is 3.12. The lowest BCUT2D eigenvalue weighted by Gasteiger charge is -2.11. The first-order valence-electron chi connectivity index (χ1n) is 5.70. The fourth-order valence-electron chi connectivity index (χ4n) is 1.87. The molecule has 0 aromatic carbocycles. The predicted molar refractivity (Wildman–Crippen MR) is 70.1 cm³/mol. The van der Waals surface area contributed by atoms with Gasteiger partial charge in [0, 0.05) is 42.0 Å². The zero-order valence-corrected chi connectivity index (χ0v) is 11.5. The molecule has 0 aliphatic carbocycles. The molecule has 0 spiro atoms. The van der Waals surface area contributed by atoms with Gasteiger partial charge < -0.3 is 5.32 Å². The average molecular weight is 250 g/mol. The molecule has 0 saturated carbocycles. The van der Waals surface area contributed by atoms with Gasteiger partial charge in [-0.15, -0.1) is 11.3 Å². The Morgan fingerprint density at radius 1 is 1.47 bits per heavy atom. The van der Waals surface area contributed by atoms with E-state index in [1.54, 1.807) is 11.3 Å². The van der Waals surface area contributed by atoms with E-state index in [4.69, 9.17) is 0 Å². The molecule has 5 heteroatoms. The van der Waals surface area contributed by atoms with Crippen molar-refractivity contribution in [1.29, 1.82) is 0 Å². The number of nitrogens with zero attached hydrogens (tertiary/aromatic N) is 3. The molecule has 2 aromatic heterocycles. The Labute approximate surface area is 106 Å². The highest BCUT2D eigenvalue weighted by molar-refractivity contribution is 7.09. The van der Waals surface area contributed by atoms with E-state index in [0.717, 1.165) is 12.2 Å². The van der Waals surface area contributed by atoms with Crippen LogP contribution in [0.2, 0.25) is 0 Å². The predicted octanol–water partition coefficient (Wildman–Crippen LogP) is 2.34. The van der Waals surface area contributed by atoms with E-state index in [1.165, 1.54) is 16.1 Å². The van der Waals surface area contributed by atoms with Gasteiger partial charge in [0.25, 0.3) is 0 Å². The van der Waals surface area contributed by atoms with E-state index in [2.05, 4.69) is 36.2 Å². The van der Waals surface area contributed by atoms with Gasteiger partial charge >= 0.3 is 0 Å². The van der Waals surface area contributed by atoms with Crippen molar-refractivity contribution >= 4 is 11.3 Å². The Bertz CT molecular complexity index is 487. The molecule has 92 valence electrons. The number of hydrogen-bond donors (Lipinski definition) is 1. The molecule has 0 amide bonds. The van der Waals surface area contributed by atoms with Crippen LogP contribution >= 0.6 is 11.3 Å². The van der Waals surface area contributed by atoms with Crippen LogP contribution in [0.1, 0.15) is 34.8 Å². The second-order valence-electron chi connectivity index (χ2n) is 4.28. The lowest BCUT2D eigenvalue weighted by atomic mass is 10.2. The summed E-state index contributed by atoms with van der Waals surface area (Å²) < 4.78 is 1.93. The molecule has 1 atom stereocenters. The Morgan fingerprint density at radius 2 is 2.24 bits per heavy atom. The molecule has 0 aliphatic heterocycles. The molecular formula is C12H18N4S. The van der Waals surface area contributed by atoms with Gasteiger partial charge in [0.05, 0.1) is 11.2 Å². The van der Waals surface area contributed by atoms with Crippen molar-refractivity contribution in [3.63, 3.8) is 0 Å². The molecule has 2 rings (SSSR count). The first-order chi connectivity index (χ1) is 8.09. The zero-order valence-electron chi connectivity index (χ0n) is 10.7. The largest absolute Gasteiger partial charge is 0.305 e. The van der Waals surface area contributed by atoms with E-state index in [0.29, 0.717) is 6.04 Å². The summed E-state index contributed by atoms with van der Waals surface area (Å²) in [5.41, 5.74) is 5.50. The van der Waals surface area contributed by atoms with Crippen LogP contribution in [0.25, 0.3) is 0 Å². The van der Waals surface area contributed by atoms with Gasteiger partial charge in [0.1, 0.15) is 0 Å². The minimum absolute atomic E-state index is 0.335. The van der Waals surface area contributed by atoms with Crippen molar-refractivity contribution in [2.45, 2.75) is 33.4 Å². The maximum absolute atomic E-state index is 4.42. The van der Waals surface area contributed by atoms with Gasteiger partial charge in [0.2, 0.25) is 0 Å². The van der Waals surface area contributed by atoms with E-state index in [1.807, 2.05) is 23.4 Å². The van der Waals surface area contributed by atoms with Crippen LogP contribution in [0.5, 0.6) is 0 Å². The highest BCUT2D eigenvalue weighted by atomic mass is 32.1. The summed E-state index contributed by atoms with van der Waals surface area (Å²) in [5, 5.41) is 7.93. The molecule has 17 heavy (non-hydrogen) atoms. The van der Waals surface area contributed by atoms with Crippen LogP contribution in [0.4, 0.5) is 0 Å². The molecule has 0 aliphatic rings. The zero-order chi connectivity index (χ0) is 12.4. The Kier molecular flexibility index (Phi) is 3.59. The molecule has 0 bridgehead atoms. The van der Waals surface area contributed by atoms with Crippen LogP contribution in [0, 0.1) is 13.8 Å². The molecule has 2 aromatic rings. The topological polar surface area (TPSA) is 42.7 Å². The number of aromatic nitrogens is 3. The highest BCUT2D eigenvalue weighted by Crippen LogP contribution is 2.18. The smallest absolute Gasteiger partial charge is 0.0794 e. The summed E-state index contributed by atoms with van der Waals surface area (Å²) in [5.74, 6) is 0. The van der Waals surface area contributed by atoms with Gasteiger partial charge in [-0.25, -0.2) is 0 Å². The van der Waals surface area contributed by atoms with E-state index in [-0.39, 0.29) is 0 Å². The number of aryl methyl sites for hydroxylation is 2. The standard InChI is InChI=1S/C12H18N4S/c1-8-11(10(3)16(4)15-8)5-14-9(2)12-6-13-7-17-12/h6-7,9,14H,5H2,1-4H3. The first-order valence-corrected chi connectivity index (χ1v) is 6.58. The maximum atomic E-state index is 4.42. The van der Waals surface area contributed by atoms with Crippen molar-refractivity contribution in [3.8, 4) is 0 Å². The van der Waals surface area contributed by atoms with Crippen LogP contribution in [-0.2, 0) is 13.6 Å². The summed E-state index contributed by atoms with van der Waals surface area (Å²) in [7, 11) is 1.98. The van der Waals surface area contributed by atoms with Gasteiger partial charge in [-0.2, -0.15) is 5.10 Å². The second kappa shape index (κ2) is 4.98. The third kappa shape index (κ3) is 2.56. The summed E-state index contributed by atoms with van der Waals surface area (Å²) in [6.07, 6.45) is 1.92. The molecule has 0 radical (unpaired) electrons. The van der Waals surface area contributed by atoms with E-state index >= 15 is 0 Å². The van der Waals surface area contributed by atoms with Crippen LogP contribution < -0.4 is 5.32 Å². The second-order valence-corrected chi connectivity index (χ2v) is 5.20. The van der Waals surface area contributed by atoms with Crippen molar-refractivity contribution in [2.24, 2.45) is 7.05 Å². The van der Waals surface area contributed by atoms with Gasteiger partial charge in [-0.3, -0.25) is 9.67 Å². The third-order valence-corrected chi connectivity index (χ3v) is 4.08. The van der Waals surface area contributed by atoms with Crippen molar-refractivity contribution in [1.82, 2.24) is 20.1 Å². The number of nitrogens with one attached hydrogen (secondary N) is 1. The van der Waals surface area contributed by atoms with Gasteiger partial charge in [-0.1, -0.05) is 0 Å². The van der Waals surface area contributed by atoms with Crippen molar-refractivity contribution in [2.75, 3.05) is 0 Å². The van der Waals surface area contributed by atoms with Crippen molar-refractivity contribution in [3.05, 3.63) is 33.5 Å².